The van der Waals surface area contributed by atoms with E-state index in [0.29, 0.717) is 5.69 Å². The second kappa shape index (κ2) is 5.44. The quantitative estimate of drug-likeness (QED) is 0.440. The number of carbonyl (C=O) groups excluding carboxylic acids is 2. The van der Waals surface area contributed by atoms with Crippen molar-refractivity contribution in [3.8, 4) is 0 Å². The van der Waals surface area contributed by atoms with Crippen LogP contribution < -0.4 is 27.2 Å². The second-order valence-corrected chi connectivity index (χ2v) is 5.33. The van der Waals surface area contributed by atoms with Gasteiger partial charge in [-0.3, -0.25) is 15.0 Å². The monoisotopic (exact) mass is 305 g/mol. The van der Waals surface area contributed by atoms with Gasteiger partial charge in [-0.05, 0) is 12.1 Å². The molecule has 2 saturated heterocycles. The van der Waals surface area contributed by atoms with E-state index < -0.39 is 18.5 Å². The molecule has 2 fully saturated rings. The van der Waals surface area contributed by atoms with E-state index in [-0.39, 0.29) is 11.9 Å². The van der Waals surface area contributed by atoms with Crippen molar-refractivity contribution in [3.63, 3.8) is 0 Å². The number of hydrazine groups is 1. The van der Waals surface area contributed by atoms with Crippen LogP contribution in [0.1, 0.15) is 0 Å². The van der Waals surface area contributed by atoms with Gasteiger partial charge in [0.2, 0.25) is 0 Å². The number of nitrogens with one attached hydrogen (secondary N) is 4. The van der Waals surface area contributed by atoms with Gasteiger partial charge in [0.05, 0.1) is 11.4 Å². The van der Waals surface area contributed by atoms with Crippen molar-refractivity contribution in [2.45, 2.75) is 18.5 Å². The highest BCUT2D eigenvalue weighted by molar-refractivity contribution is 6.00. The van der Waals surface area contributed by atoms with E-state index in [1.54, 1.807) is 13.1 Å². The van der Waals surface area contributed by atoms with Crippen molar-refractivity contribution >= 4 is 23.3 Å². The van der Waals surface area contributed by atoms with Crippen LogP contribution in [0, 0.1) is 0 Å². The number of nitrogens with zero attached hydrogens (tertiary/aromatic N) is 2. The Balaban J connectivity index is 1.74. The number of nitrogens with two attached hydrogens (primary N) is 1. The molecule has 3 atom stereocenters. The number of urea groups is 1. The minimum Gasteiger partial charge on any atom is -0.397 e. The molecule has 2 aliphatic rings. The summed E-state index contributed by atoms with van der Waals surface area (Å²) in [5.41, 5.74) is 13.2. The summed E-state index contributed by atoms with van der Waals surface area (Å²) in [6.45, 7) is 0. The Morgan fingerprint density at radius 1 is 1.18 bits per heavy atom. The molecule has 9 heteroatoms. The van der Waals surface area contributed by atoms with Crippen LogP contribution in [-0.2, 0) is 4.79 Å². The SMILES string of the molecule is CN1C(=O)C2NNC(Nc3ccccc3N)NC2N(C)C1=O. The number of para-hydroxylation sites is 2. The molecular weight excluding hydrogens is 286 g/mol. The molecule has 2 heterocycles. The first-order chi connectivity index (χ1) is 10.5. The molecule has 0 saturated carbocycles. The molecule has 1 aromatic rings. The summed E-state index contributed by atoms with van der Waals surface area (Å²) in [5, 5.41) is 6.35. The first-order valence-electron chi connectivity index (χ1n) is 6.91. The molecular formula is C13H19N7O2. The van der Waals surface area contributed by atoms with Gasteiger partial charge in [0.25, 0.3) is 5.91 Å². The molecule has 0 aromatic heterocycles. The average Bonchev–Trinajstić information content (AvgIpc) is 2.53. The maximum atomic E-state index is 12.1. The number of anilines is 2. The summed E-state index contributed by atoms with van der Waals surface area (Å²) in [6, 6.07) is 6.44. The molecule has 0 aliphatic carbocycles. The van der Waals surface area contributed by atoms with Gasteiger partial charge in [-0.25, -0.2) is 15.6 Å². The number of rotatable bonds is 2. The number of nitrogen functional groups attached to an aromatic ring is 1. The lowest BCUT2D eigenvalue weighted by Crippen LogP contribution is -2.79. The highest BCUT2D eigenvalue weighted by atomic mass is 16.2. The molecule has 0 radical (unpaired) electrons. The van der Waals surface area contributed by atoms with Gasteiger partial charge >= 0.3 is 6.03 Å². The maximum Gasteiger partial charge on any atom is 0.327 e. The molecule has 22 heavy (non-hydrogen) atoms. The number of benzene rings is 1. The van der Waals surface area contributed by atoms with E-state index in [2.05, 4.69) is 21.5 Å². The van der Waals surface area contributed by atoms with Crippen LogP contribution in [0.15, 0.2) is 24.3 Å². The van der Waals surface area contributed by atoms with E-state index in [4.69, 9.17) is 5.73 Å². The molecule has 118 valence electrons. The van der Waals surface area contributed by atoms with Crippen LogP contribution in [0.5, 0.6) is 0 Å². The number of carbonyl (C=O) groups is 2. The zero-order valence-corrected chi connectivity index (χ0v) is 12.3. The van der Waals surface area contributed by atoms with Crippen LogP contribution in [-0.4, -0.2) is 54.3 Å². The normalized spacial score (nSPS) is 28.5. The lowest BCUT2D eigenvalue weighted by molar-refractivity contribution is -0.137. The number of hydrogen-bond donors (Lipinski definition) is 5. The summed E-state index contributed by atoms with van der Waals surface area (Å²) >= 11 is 0. The number of hydrogen-bond acceptors (Lipinski definition) is 7. The van der Waals surface area contributed by atoms with Crippen molar-refractivity contribution in [2.24, 2.45) is 0 Å². The second-order valence-electron chi connectivity index (χ2n) is 5.33. The van der Waals surface area contributed by atoms with E-state index in [9.17, 15) is 9.59 Å². The van der Waals surface area contributed by atoms with Gasteiger partial charge in [0.15, 0.2) is 0 Å². The third kappa shape index (κ3) is 2.34. The van der Waals surface area contributed by atoms with Crippen LogP contribution in [0.25, 0.3) is 0 Å². The van der Waals surface area contributed by atoms with Crippen LogP contribution >= 0.6 is 0 Å². The summed E-state index contributed by atoms with van der Waals surface area (Å²) in [5.74, 6) is -0.286. The zero-order valence-electron chi connectivity index (χ0n) is 12.3. The highest BCUT2D eigenvalue weighted by Crippen LogP contribution is 2.19. The molecule has 3 unspecified atom stereocenters. The van der Waals surface area contributed by atoms with Gasteiger partial charge in [0.1, 0.15) is 18.5 Å². The van der Waals surface area contributed by atoms with Gasteiger partial charge in [-0.2, -0.15) is 0 Å². The number of likely N-dealkylation sites (N-methyl/N-ethyl adjacent to an activating group) is 2. The molecule has 2 aliphatic heterocycles. The lowest BCUT2D eigenvalue weighted by Gasteiger charge is -2.47. The molecule has 0 bridgehead atoms. The fourth-order valence-corrected chi connectivity index (χ4v) is 2.61. The molecule has 3 amide bonds. The summed E-state index contributed by atoms with van der Waals surface area (Å²) in [7, 11) is 3.12. The van der Waals surface area contributed by atoms with Gasteiger partial charge in [0, 0.05) is 14.1 Å². The predicted molar refractivity (Wildman–Crippen MR) is 81.2 cm³/mol. The molecule has 3 rings (SSSR count). The van der Waals surface area contributed by atoms with E-state index in [1.807, 2.05) is 18.2 Å². The lowest BCUT2D eigenvalue weighted by atomic mass is 10.1. The van der Waals surface area contributed by atoms with Gasteiger partial charge in [-0.15, -0.1) is 0 Å². The predicted octanol–water partition coefficient (Wildman–Crippen LogP) is -1.12. The Bertz CT molecular complexity index is 608. The molecule has 0 spiro atoms. The minimum absolute atomic E-state index is 0.286. The topological polar surface area (TPSA) is 115 Å². The van der Waals surface area contributed by atoms with Crippen molar-refractivity contribution in [1.82, 2.24) is 26.0 Å². The van der Waals surface area contributed by atoms with Crippen LogP contribution in [0.4, 0.5) is 16.2 Å². The first kappa shape index (κ1) is 14.6. The number of imide groups is 1. The maximum absolute atomic E-state index is 12.1. The van der Waals surface area contributed by atoms with Crippen LogP contribution in [0.2, 0.25) is 0 Å². The Labute approximate surface area is 127 Å². The van der Waals surface area contributed by atoms with Gasteiger partial charge < -0.3 is 16.0 Å². The zero-order chi connectivity index (χ0) is 15.9. The minimum atomic E-state index is -0.557. The van der Waals surface area contributed by atoms with Crippen molar-refractivity contribution in [3.05, 3.63) is 24.3 Å². The Kier molecular flexibility index (Phi) is 3.61. The van der Waals surface area contributed by atoms with E-state index >= 15 is 0 Å². The molecule has 6 N–H and O–H groups in total. The summed E-state index contributed by atoms with van der Waals surface area (Å²) < 4.78 is 0. The van der Waals surface area contributed by atoms with E-state index in [1.165, 1.54) is 11.9 Å². The average molecular weight is 305 g/mol. The standard InChI is InChI=1S/C13H19N7O2/c1-19-10-9(11(21)20(2)13(19)22)17-18-12(16-10)15-8-6-4-3-5-7(8)14/h3-6,9-10,12,15-18H,14H2,1-2H3. The Hall–Kier alpha value is -2.36. The Morgan fingerprint density at radius 3 is 2.64 bits per heavy atom. The fourth-order valence-electron chi connectivity index (χ4n) is 2.61. The summed E-state index contributed by atoms with van der Waals surface area (Å²) in [4.78, 5) is 26.7. The first-order valence-corrected chi connectivity index (χ1v) is 6.91. The third-order valence-corrected chi connectivity index (χ3v) is 3.90. The van der Waals surface area contributed by atoms with Crippen LogP contribution in [0.3, 0.4) is 0 Å². The smallest absolute Gasteiger partial charge is 0.327 e. The largest absolute Gasteiger partial charge is 0.397 e. The molecule has 9 nitrogen and oxygen atoms in total. The molecule has 1 aromatic carbocycles. The summed E-state index contributed by atoms with van der Waals surface area (Å²) in [6.07, 6.45) is -0.850. The fraction of sp³-hybridized carbons (Fsp3) is 0.385. The Morgan fingerprint density at radius 2 is 1.91 bits per heavy atom. The third-order valence-electron chi connectivity index (χ3n) is 3.90. The number of amides is 3. The highest BCUT2D eigenvalue weighted by Gasteiger charge is 2.46. The van der Waals surface area contributed by atoms with Crippen molar-refractivity contribution in [2.75, 3.05) is 25.1 Å². The number of fused-ring (bicyclic) bond motifs is 1. The van der Waals surface area contributed by atoms with Crippen molar-refractivity contribution < 1.29 is 9.59 Å². The van der Waals surface area contributed by atoms with Gasteiger partial charge in [-0.1, -0.05) is 12.1 Å². The van der Waals surface area contributed by atoms with E-state index in [0.717, 1.165) is 10.6 Å². The van der Waals surface area contributed by atoms with Crippen molar-refractivity contribution in [1.29, 1.82) is 0 Å².